The highest BCUT2D eigenvalue weighted by molar-refractivity contribution is 5.22. The second-order valence-corrected chi connectivity index (χ2v) is 6.17. The molecule has 1 aliphatic rings. The lowest BCUT2D eigenvalue weighted by Gasteiger charge is -2.38. The molecule has 0 spiro atoms. The van der Waals surface area contributed by atoms with Crippen LogP contribution in [0.5, 0.6) is 0 Å². The lowest BCUT2D eigenvalue weighted by Crippen LogP contribution is -2.41. The topological polar surface area (TPSA) is 32.5 Å². The summed E-state index contributed by atoms with van der Waals surface area (Å²) in [6, 6.07) is 4.08. The second-order valence-electron chi connectivity index (χ2n) is 6.17. The van der Waals surface area contributed by atoms with E-state index >= 15 is 0 Å². The Morgan fingerprint density at radius 1 is 1.24 bits per heavy atom. The van der Waals surface area contributed by atoms with Crippen molar-refractivity contribution in [3.05, 3.63) is 35.4 Å². The summed E-state index contributed by atoms with van der Waals surface area (Å²) >= 11 is 0. The summed E-state index contributed by atoms with van der Waals surface area (Å²) < 4.78 is 26.5. The van der Waals surface area contributed by atoms with E-state index in [2.05, 4.69) is 23.9 Å². The molecule has 0 aliphatic carbocycles. The zero-order valence-electron chi connectivity index (χ0n) is 12.9. The molecular weight excluding hydrogens is 272 g/mol. The number of halogens is 2. The van der Waals surface area contributed by atoms with E-state index in [0.29, 0.717) is 12.5 Å². The summed E-state index contributed by atoms with van der Waals surface area (Å²) in [6.45, 7) is 3.44. The van der Waals surface area contributed by atoms with Gasteiger partial charge in [0.25, 0.3) is 0 Å². The Bertz CT molecular complexity index is 457. The number of piperidine rings is 1. The Balaban J connectivity index is 2.00. The van der Waals surface area contributed by atoms with Gasteiger partial charge in [-0.25, -0.2) is 8.78 Å². The van der Waals surface area contributed by atoms with Gasteiger partial charge in [0, 0.05) is 19.1 Å². The molecule has 0 radical (unpaired) electrons. The van der Waals surface area contributed by atoms with Crippen LogP contribution < -0.4 is 5.73 Å². The van der Waals surface area contributed by atoms with Gasteiger partial charge in [-0.1, -0.05) is 6.07 Å². The van der Waals surface area contributed by atoms with Crippen LogP contribution in [0.15, 0.2) is 18.2 Å². The Morgan fingerprint density at radius 3 is 2.43 bits per heavy atom. The van der Waals surface area contributed by atoms with Crippen LogP contribution in [0.3, 0.4) is 0 Å². The standard InChI is InChI=1S/C16H25F2N3/c1-20(2)11-12-5-7-21(8-6-12)16(10-19)13-3-4-14(17)15(18)9-13/h3-4,9,12,16H,5-8,10-11,19H2,1-2H3. The van der Waals surface area contributed by atoms with Gasteiger partial charge < -0.3 is 10.6 Å². The van der Waals surface area contributed by atoms with Crippen molar-refractivity contribution in [2.75, 3.05) is 40.3 Å². The minimum atomic E-state index is -0.806. The minimum absolute atomic E-state index is 0.0274. The summed E-state index contributed by atoms with van der Waals surface area (Å²) in [7, 11) is 4.19. The maximum absolute atomic E-state index is 13.4. The molecule has 21 heavy (non-hydrogen) atoms. The third-order valence-corrected chi connectivity index (χ3v) is 4.26. The molecule has 1 saturated heterocycles. The van der Waals surface area contributed by atoms with Crippen molar-refractivity contribution >= 4 is 0 Å². The van der Waals surface area contributed by atoms with E-state index in [1.807, 2.05) is 0 Å². The lowest BCUT2D eigenvalue weighted by molar-refractivity contribution is 0.122. The predicted octanol–water partition coefficient (Wildman–Crippen LogP) is 2.24. The van der Waals surface area contributed by atoms with Crippen LogP contribution in [-0.2, 0) is 0 Å². The van der Waals surface area contributed by atoms with Crippen LogP contribution in [-0.4, -0.2) is 50.1 Å². The predicted molar refractivity (Wildman–Crippen MR) is 81.0 cm³/mol. The number of rotatable bonds is 5. The number of nitrogens with zero attached hydrogens (tertiary/aromatic N) is 2. The van der Waals surface area contributed by atoms with E-state index in [0.717, 1.165) is 38.0 Å². The second kappa shape index (κ2) is 7.29. The number of hydrogen-bond acceptors (Lipinski definition) is 3. The van der Waals surface area contributed by atoms with Gasteiger partial charge in [0.1, 0.15) is 0 Å². The van der Waals surface area contributed by atoms with Gasteiger partial charge in [0.2, 0.25) is 0 Å². The summed E-state index contributed by atoms with van der Waals surface area (Å²) in [5.74, 6) is -0.896. The van der Waals surface area contributed by atoms with Crippen LogP contribution >= 0.6 is 0 Å². The van der Waals surface area contributed by atoms with Gasteiger partial charge in [0.05, 0.1) is 0 Å². The normalized spacial score (nSPS) is 19.1. The zero-order chi connectivity index (χ0) is 15.4. The van der Waals surface area contributed by atoms with E-state index in [1.165, 1.54) is 12.1 Å². The fraction of sp³-hybridized carbons (Fsp3) is 0.625. The molecule has 0 bridgehead atoms. The Kier molecular flexibility index (Phi) is 5.67. The first-order chi connectivity index (χ1) is 10.0. The van der Waals surface area contributed by atoms with Crippen molar-refractivity contribution in [3.63, 3.8) is 0 Å². The average molecular weight is 297 g/mol. The van der Waals surface area contributed by atoms with E-state index in [9.17, 15) is 8.78 Å². The molecule has 1 aromatic rings. The van der Waals surface area contributed by atoms with Crippen molar-refractivity contribution in [1.82, 2.24) is 9.80 Å². The van der Waals surface area contributed by atoms with E-state index in [-0.39, 0.29) is 6.04 Å². The number of benzene rings is 1. The molecule has 1 aliphatic heterocycles. The van der Waals surface area contributed by atoms with Crippen molar-refractivity contribution < 1.29 is 8.78 Å². The van der Waals surface area contributed by atoms with Crippen molar-refractivity contribution in [2.24, 2.45) is 11.7 Å². The van der Waals surface area contributed by atoms with Gasteiger partial charge in [-0.15, -0.1) is 0 Å². The van der Waals surface area contributed by atoms with Crippen molar-refractivity contribution in [3.8, 4) is 0 Å². The fourth-order valence-corrected chi connectivity index (χ4v) is 3.18. The number of hydrogen-bond donors (Lipinski definition) is 1. The van der Waals surface area contributed by atoms with Crippen LogP contribution in [0, 0.1) is 17.6 Å². The first kappa shape index (κ1) is 16.3. The van der Waals surface area contributed by atoms with Gasteiger partial charge in [-0.3, -0.25) is 4.90 Å². The maximum atomic E-state index is 13.4. The molecule has 0 aromatic heterocycles. The highest BCUT2D eigenvalue weighted by Gasteiger charge is 2.26. The molecule has 2 N–H and O–H groups in total. The molecule has 1 atom stereocenters. The quantitative estimate of drug-likeness (QED) is 0.904. The van der Waals surface area contributed by atoms with Gasteiger partial charge in [-0.2, -0.15) is 0 Å². The molecule has 0 amide bonds. The third kappa shape index (κ3) is 4.22. The Morgan fingerprint density at radius 2 is 1.90 bits per heavy atom. The molecule has 1 heterocycles. The summed E-state index contributed by atoms with van der Waals surface area (Å²) in [6.07, 6.45) is 2.25. The summed E-state index contributed by atoms with van der Waals surface area (Å²) in [4.78, 5) is 4.51. The first-order valence-corrected chi connectivity index (χ1v) is 7.55. The highest BCUT2D eigenvalue weighted by atomic mass is 19.2. The molecule has 2 rings (SSSR count). The fourth-order valence-electron chi connectivity index (χ4n) is 3.18. The monoisotopic (exact) mass is 297 g/mol. The highest BCUT2D eigenvalue weighted by Crippen LogP contribution is 2.27. The molecule has 1 aromatic carbocycles. The Labute approximate surface area is 125 Å². The first-order valence-electron chi connectivity index (χ1n) is 7.55. The summed E-state index contributed by atoms with van der Waals surface area (Å²) in [5, 5.41) is 0. The van der Waals surface area contributed by atoms with Gasteiger partial charge in [-0.05, 0) is 63.6 Å². The molecule has 3 nitrogen and oxygen atoms in total. The maximum Gasteiger partial charge on any atom is 0.159 e. The molecule has 5 heteroatoms. The van der Waals surface area contributed by atoms with Crippen LogP contribution in [0.25, 0.3) is 0 Å². The SMILES string of the molecule is CN(C)CC1CCN(C(CN)c2ccc(F)c(F)c2)CC1. The number of nitrogens with two attached hydrogens (primary N) is 1. The van der Waals surface area contributed by atoms with Crippen molar-refractivity contribution in [2.45, 2.75) is 18.9 Å². The zero-order valence-corrected chi connectivity index (χ0v) is 12.9. The smallest absolute Gasteiger partial charge is 0.159 e. The van der Waals surface area contributed by atoms with E-state index in [4.69, 9.17) is 5.73 Å². The largest absolute Gasteiger partial charge is 0.329 e. The van der Waals surface area contributed by atoms with Crippen LogP contribution in [0.2, 0.25) is 0 Å². The summed E-state index contributed by atoms with van der Waals surface area (Å²) in [5.41, 5.74) is 6.64. The van der Waals surface area contributed by atoms with Gasteiger partial charge in [0.15, 0.2) is 11.6 Å². The molecule has 118 valence electrons. The minimum Gasteiger partial charge on any atom is -0.329 e. The van der Waals surface area contributed by atoms with Gasteiger partial charge >= 0.3 is 0 Å². The van der Waals surface area contributed by atoms with E-state index in [1.54, 1.807) is 6.07 Å². The van der Waals surface area contributed by atoms with Crippen molar-refractivity contribution in [1.29, 1.82) is 0 Å². The average Bonchev–Trinajstić information content (AvgIpc) is 2.45. The van der Waals surface area contributed by atoms with Crippen LogP contribution in [0.1, 0.15) is 24.4 Å². The molecule has 1 fully saturated rings. The molecular formula is C16H25F2N3. The molecule has 0 saturated carbocycles. The number of likely N-dealkylation sites (tertiary alicyclic amines) is 1. The third-order valence-electron chi connectivity index (χ3n) is 4.26. The Hall–Kier alpha value is -1.04. The molecule has 1 unspecified atom stereocenters. The van der Waals surface area contributed by atoms with E-state index < -0.39 is 11.6 Å². The lowest BCUT2D eigenvalue weighted by atomic mass is 9.94. The van der Waals surface area contributed by atoms with Crippen LogP contribution in [0.4, 0.5) is 8.78 Å².